The van der Waals surface area contributed by atoms with E-state index in [1.807, 2.05) is 37.4 Å². The molecule has 2 aromatic rings. The number of fused-ring (bicyclic) bond motifs is 1. The van der Waals surface area contributed by atoms with Gasteiger partial charge < -0.3 is 9.64 Å². The summed E-state index contributed by atoms with van der Waals surface area (Å²) in [6.45, 7) is 7.45. The van der Waals surface area contributed by atoms with Gasteiger partial charge in [-0.15, -0.1) is 0 Å². The van der Waals surface area contributed by atoms with Crippen LogP contribution in [0.2, 0.25) is 0 Å². The molecule has 1 N–H and O–H groups in total. The number of carbonyl (C=O) groups excluding carboxylic acids is 3. The molecule has 0 aliphatic carbocycles. The lowest BCUT2D eigenvalue weighted by Crippen LogP contribution is -2.50. The topological polar surface area (TPSA) is 96.3 Å². The maximum atomic E-state index is 12.3. The summed E-state index contributed by atoms with van der Waals surface area (Å²) in [5.74, 6) is 0.957. The Morgan fingerprint density at radius 1 is 1.22 bits per heavy atom. The third kappa shape index (κ3) is 4.87. The number of anilines is 1. The van der Waals surface area contributed by atoms with Crippen molar-refractivity contribution in [2.75, 3.05) is 24.5 Å². The maximum Gasteiger partial charge on any atom is 0.410 e. The van der Waals surface area contributed by atoms with Crippen LogP contribution in [-0.2, 0) is 16.0 Å². The fourth-order valence-electron chi connectivity index (χ4n) is 4.32. The SMILES string of the molecule is CC(C)(C)OC(=O)N1CCC(CCc2cccn3c(N4CCC(=O)NC4=O)cnc23)CC1. The predicted molar refractivity (Wildman–Crippen MR) is 120 cm³/mol. The van der Waals surface area contributed by atoms with Crippen molar-refractivity contribution >= 4 is 29.5 Å². The van der Waals surface area contributed by atoms with Gasteiger partial charge in [-0.05, 0) is 64.0 Å². The molecule has 0 unspecified atom stereocenters. The molecule has 2 aliphatic rings. The Labute approximate surface area is 187 Å². The van der Waals surface area contributed by atoms with Crippen LogP contribution in [0, 0.1) is 5.92 Å². The van der Waals surface area contributed by atoms with E-state index in [-0.39, 0.29) is 18.4 Å². The molecule has 4 amide bonds. The number of hydrogen-bond donors (Lipinski definition) is 1. The largest absolute Gasteiger partial charge is 0.444 e. The highest BCUT2D eigenvalue weighted by molar-refractivity contribution is 6.05. The molecule has 2 aliphatic heterocycles. The highest BCUT2D eigenvalue weighted by Gasteiger charge is 2.28. The van der Waals surface area contributed by atoms with Gasteiger partial charge >= 0.3 is 12.1 Å². The molecule has 2 saturated heterocycles. The second-order valence-corrected chi connectivity index (χ2v) is 9.55. The summed E-state index contributed by atoms with van der Waals surface area (Å²) in [5.41, 5.74) is 1.49. The van der Waals surface area contributed by atoms with Crippen molar-refractivity contribution < 1.29 is 19.1 Å². The average molecular weight is 442 g/mol. The molecule has 0 aromatic carbocycles. The predicted octanol–water partition coefficient (Wildman–Crippen LogP) is 3.36. The Bertz CT molecular complexity index is 1020. The molecule has 9 heteroatoms. The van der Waals surface area contributed by atoms with E-state index in [1.165, 1.54) is 0 Å². The molecular formula is C23H31N5O4. The third-order valence-corrected chi connectivity index (χ3v) is 6.02. The smallest absolute Gasteiger partial charge is 0.410 e. The second-order valence-electron chi connectivity index (χ2n) is 9.55. The number of likely N-dealkylation sites (tertiary alicyclic amines) is 1. The van der Waals surface area contributed by atoms with Crippen LogP contribution in [0.15, 0.2) is 24.5 Å². The number of nitrogens with one attached hydrogen (secondary N) is 1. The Morgan fingerprint density at radius 3 is 2.66 bits per heavy atom. The van der Waals surface area contributed by atoms with Gasteiger partial charge in [0, 0.05) is 32.3 Å². The standard InChI is InChI=1S/C23H31N5O4/c1-23(2,3)32-22(31)26-12-8-16(9-13-26)6-7-17-5-4-11-27-19(15-24-20(17)27)28-14-10-18(29)25-21(28)30/h4-5,11,15-16H,6-10,12-14H2,1-3H3,(H,25,29,30). The number of imide groups is 1. The minimum absolute atomic E-state index is 0.228. The molecule has 0 spiro atoms. The van der Waals surface area contributed by atoms with Gasteiger partial charge in [0.25, 0.3) is 0 Å². The number of aryl methyl sites for hydroxylation is 1. The molecule has 0 bridgehead atoms. The van der Waals surface area contributed by atoms with E-state index in [0.29, 0.717) is 18.3 Å². The fraction of sp³-hybridized carbons (Fsp3) is 0.565. The monoisotopic (exact) mass is 441 g/mol. The van der Waals surface area contributed by atoms with E-state index in [4.69, 9.17) is 4.74 Å². The lowest BCUT2D eigenvalue weighted by Gasteiger charge is -2.33. The first-order valence-corrected chi connectivity index (χ1v) is 11.3. The molecule has 2 aromatic heterocycles. The highest BCUT2D eigenvalue weighted by Crippen LogP contribution is 2.26. The van der Waals surface area contributed by atoms with Gasteiger partial charge in [0.15, 0.2) is 0 Å². The number of amides is 4. The van der Waals surface area contributed by atoms with Crippen molar-refractivity contribution in [2.45, 2.75) is 58.5 Å². The molecular weight excluding hydrogens is 410 g/mol. The zero-order chi connectivity index (χ0) is 22.9. The van der Waals surface area contributed by atoms with Crippen molar-refractivity contribution in [2.24, 2.45) is 5.92 Å². The molecule has 172 valence electrons. The number of nitrogens with zero attached hydrogens (tertiary/aromatic N) is 4. The number of carbonyl (C=O) groups is 3. The van der Waals surface area contributed by atoms with Gasteiger partial charge in [0.1, 0.15) is 17.1 Å². The van der Waals surface area contributed by atoms with Crippen molar-refractivity contribution in [1.29, 1.82) is 0 Å². The van der Waals surface area contributed by atoms with Crippen LogP contribution >= 0.6 is 0 Å². The summed E-state index contributed by atoms with van der Waals surface area (Å²) in [5, 5.41) is 2.36. The molecule has 0 radical (unpaired) electrons. The van der Waals surface area contributed by atoms with Crippen molar-refractivity contribution in [1.82, 2.24) is 19.6 Å². The van der Waals surface area contributed by atoms with Crippen LogP contribution < -0.4 is 10.2 Å². The highest BCUT2D eigenvalue weighted by atomic mass is 16.6. The van der Waals surface area contributed by atoms with Gasteiger partial charge in [0.05, 0.1) is 6.20 Å². The van der Waals surface area contributed by atoms with Crippen LogP contribution in [-0.4, -0.2) is 57.6 Å². The van der Waals surface area contributed by atoms with Crippen molar-refractivity contribution in [3.05, 3.63) is 30.1 Å². The summed E-state index contributed by atoms with van der Waals surface area (Å²) in [7, 11) is 0. The number of imidazole rings is 1. The maximum absolute atomic E-state index is 12.3. The minimum atomic E-state index is -0.472. The van der Waals surface area contributed by atoms with Crippen LogP contribution in [0.5, 0.6) is 0 Å². The number of aromatic nitrogens is 2. The van der Waals surface area contributed by atoms with Crippen LogP contribution in [0.25, 0.3) is 5.65 Å². The summed E-state index contributed by atoms with van der Waals surface area (Å²) in [6, 6.07) is 3.62. The first-order valence-electron chi connectivity index (χ1n) is 11.3. The number of piperidine rings is 1. The molecule has 32 heavy (non-hydrogen) atoms. The summed E-state index contributed by atoms with van der Waals surface area (Å²) < 4.78 is 7.39. The fourth-order valence-corrected chi connectivity index (χ4v) is 4.32. The van der Waals surface area contributed by atoms with Gasteiger partial charge in [-0.1, -0.05) is 6.07 Å². The second kappa shape index (κ2) is 8.80. The molecule has 4 rings (SSSR count). The van der Waals surface area contributed by atoms with Crippen molar-refractivity contribution in [3.63, 3.8) is 0 Å². The number of urea groups is 1. The zero-order valence-corrected chi connectivity index (χ0v) is 19.0. The number of rotatable bonds is 4. The molecule has 0 atom stereocenters. The third-order valence-electron chi connectivity index (χ3n) is 6.02. The number of hydrogen-bond acceptors (Lipinski definition) is 5. The Balaban J connectivity index is 1.37. The van der Waals surface area contributed by atoms with E-state index >= 15 is 0 Å². The van der Waals surface area contributed by atoms with Gasteiger partial charge in [-0.25, -0.2) is 14.6 Å². The normalized spacial score (nSPS) is 18.2. The Hall–Kier alpha value is -3.10. The molecule has 4 heterocycles. The first kappa shape index (κ1) is 22.1. The summed E-state index contributed by atoms with van der Waals surface area (Å²) >= 11 is 0. The lowest BCUT2D eigenvalue weighted by molar-refractivity contribution is -0.120. The summed E-state index contributed by atoms with van der Waals surface area (Å²) in [6.07, 6.45) is 7.45. The minimum Gasteiger partial charge on any atom is -0.444 e. The van der Waals surface area contributed by atoms with Crippen molar-refractivity contribution in [3.8, 4) is 0 Å². The van der Waals surface area contributed by atoms with Crippen LogP contribution in [0.4, 0.5) is 15.4 Å². The lowest BCUT2D eigenvalue weighted by atomic mass is 9.91. The summed E-state index contributed by atoms with van der Waals surface area (Å²) in [4.78, 5) is 43.9. The Morgan fingerprint density at radius 2 is 1.97 bits per heavy atom. The average Bonchev–Trinajstić information content (AvgIpc) is 3.16. The number of pyridine rings is 1. The van der Waals surface area contributed by atoms with Crippen LogP contribution in [0.1, 0.15) is 52.0 Å². The number of ether oxygens (including phenoxy) is 1. The van der Waals surface area contributed by atoms with Gasteiger partial charge in [0.2, 0.25) is 5.91 Å². The van der Waals surface area contributed by atoms with Gasteiger partial charge in [-0.2, -0.15) is 0 Å². The van der Waals surface area contributed by atoms with Crippen LogP contribution in [0.3, 0.4) is 0 Å². The molecule has 0 saturated carbocycles. The van der Waals surface area contributed by atoms with E-state index in [2.05, 4.69) is 16.4 Å². The van der Waals surface area contributed by atoms with Gasteiger partial charge in [-0.3, -0.25) is 19.4 Å². The van der Waals surface area contributed by atoms with E-state index in [0.717, 1.165) is 50.0 Å². The van der Waals surface area contributed by atoms with E-state index in [1.54, 1.807) is 16.0 Å². The van der Waals surface area contributed by atoms with E-state index < -0.39 is 11.6 Å². The first-order chi connectivity index (χ1) is 15.2. The van der Waals surface area contributed by atoms with E-state index in [9.17, 15) is 14.4 Å². The molecule has 2 fully saturated rings. The quantitative estimate of drug-likeness (QED) is 0.785. The zero-order valence-electron chi connectivity index (χ0n) is 19.0. The Kier molecular flexibility index (Phi) is 6.08. The molecule has 9 nitrogen and oxygen atoms in total.